The second-order valence-corrected chi connectivity index (χ2v) is 3.90. The van der Waals surface area contributed by atoms with Crippen LogP contribution in [-0.2, 0) is 6.54 Å². The second-order valence-electron chi connectivity index (χ2n) is 3.90. The minimum absolute atomic E-state index is 0. The molecule has 0 amide bonds. The van der Waals surface area contributed by atoms with E-state index < -0.39 is 0 Å². The molecule has 0 unspecified atom stereocenters. The number of para-hydroxylation sites is 1. The molecule has 0 aliphatic heterocycles. The Bertz CT molecular complexity index is 453. The van der Waals surface area contributed by atoms with E-state index in [0.29, 0.717) is 0 Å². The average Bonchev–Trinajstić information content (AvgIpc) is 2.40. The first-order chi connectivity index (χ1) is 8.40. The van der Waals surface area contributed by atoms with Crippen LogP contribution in [0.15, 0.2) is 67.3 Å². The van der Waals surface area contributed by atoms with E-state index in [-0.39, 0.29) is 18.9 Å². The van der Waals surface area contributed by atoms with E-state index in [9.17, 15) is 0 Å². The number of benzene rings is 2. The Hall–Kier alpha value is -1.42. The van der Waals surface area contributed by atoms with Crippen molar-refractivity contribution in [2.24, 2.45) is 0 Å². The molecule has 0 radical (unpaired) electrons. The van der Waals surface area contributed by atoms with Crippen molar-refractivity contribution in [1.82, 2.24) is 0 Å². The largest absolute Gasteiger partial charge is 1.00 e. The van der Waals surface area contributed by atoms with Gasteiger partial charge in [-0.1, -0.05) is 42.1 Å². The Morgan fingerprint density at radius 2 is 1.78 bits per heavy atom. The third-order valence-electron chi connectivity index (χ3n) is 2.60. The number of nitrogens with zero attached hydrogens (tertiary/aromatic N) is 1. The van der Waals surface area contributed by atoms with Crippen LogP contribution in [-0.4, -0.2) is 6.54 Å². The summed E-state index contributed by atoms with van der Waals surface area (Å²) in [5, 5.41) is 0. The Morgan fingerprint density at radius 3 is 2.39 bits per heavy atom. The van der Waals surface area contributed by atoms with Gasteiger partial charge in [0.15, 0.2) is 0 Å². The molecule has 2 aromatic rings. The summed E-state index contributed by atoms with van der Waals surface area (Å²) in [4.78, 5) is 2.25. The van der Waals surface area contributed by atoms with Gasteiger partial charge in [0.25, 0.3) is 0 Å². The van der Waals surface area contributed by atoms with Crippen LogP contribution in [0, 0.1) is 6.07 Å². The van der Waals surface area contributed by atoms with Gasteiger partial charge in [-0.25, -0.2) is 0 Å². The third-order valence-corrected chi connectivity index (χ3v) is 2.60. The van der Waals surface area contributed by atoms with Crippen LogP contribution in [0.5, 0.6) is 0 Å². The van der Waals surface area contributed by atoms with E-state index in [1.807, 2.05) is 30.3 Å². The van der Waals surface area contributed by atoms with E-state index in [1.165, 1.54) is 5.56 Å². The molecular formula is C16H16LiN. The summed E-state index contributed by atoms with van der Waals surface area (Å²) >= 11 is 0. The van der Waals surface area contributed by atoms with Crippen molar-refractivity contribution in [2.45, 2.75) is 6.54 Å². The van der Waals surface area contributed by atoms with Gasteiger partial charge in [0, 0.05) is 13.1 Å². The average molecular weight is 229 g/mol. The van der Waals surface area contributed by atoms with Gasteiger partial charge in [-0.3, -0.25) is 0 Å². The third kappa shape index (κ3) is 4.11. The molecular weight excluding hydrogens is 213 g/mol. The Morgan fingerprint density at radius 1 is 1.06 bits per heavy atom. The van der Waals surface area contributed by atoms with Crippen molar-refractivity contribution >= 4 is 5.69 Å². The summed E-state index contributed by atoms with van der Waals surface area (Å²) in [5.74, 6) is 0. The van der Waals surface area contributed by atoms with Gasteiger partial charge in [0.2, 0.25) is 0 Å². The van der Waals surface area contributed by atoms with Gasteiger partial charge < -0.3 is 4.90 Å². The summed E-state index contributed by atoms with van der Waals surface area (Å²) in [5.41, 5.74) is 2.41. The molecule has 1 nitrogen and oxygen atoms in total. The Labute approximate surface area is 121 Å². The fraction of sp³-hybridized carbons (Fsp3) is 0.125. The first-order valence-corrected chi connectivity index (χ1v) is 5.76. The topological polar surface area (TPSA) is 3.24 Å². The van der Waals surface area contributed by atoms with Gasteiger partial charge >= 0.3 is 18.9 Å². The number of rotatable bonds is 5. The van der Waals surface area contributed by atoms with E-state index in [0.717, 1.165) is 18.8 Å². The van der Waals surface area contributed by atoms with Gasteiger partial charge in [-0.05, 0) is 5.56 Å². The fourth-order valence-electron chi connectivity index (χ4n) is 1.79. The molecule has 2 heteroatoms. The standard InChI is InChI=1S/C16H16N.Li/c1-2-13-17(16-11-7-4-8-12-16)14-15-9-5-3-6-10-15;/h2-11H,1,13-14H2;/q-1;+1. The van der Waals surface area contributed by atoms with Crippen LogP contribution in [0.1, 0.15) is 5.56 Å². The van der Waals surface area contributed by atoms with Gasteiger partial charge in [-0.15, -0.1) is 12.6 Å². The SMILES string of the molecule is C=CCN(Cc1ccccc1)c1[c-]cccc1.[Li+]. The maximum atomic E-state index is 3.81. The molecule has 2 rings (SSSR count). The van der Waals surface area contributed by atoms with Crippen LogP contribution in [0.3, 0.4) is 0 Å². The smallest absolute Gasteiger partial charge is 0.386 e. The zero-order valence-electron chi connectivity index (χ0n) is 10.8. The zero-order chi connectivity index (χ0) is 11.9. The molecule has 0 saturated carbocycles. The van der Waals surface area contributed by atoms with Crippen LogP contribution in [0.2, 0.25) is 0 Å². The molecule has 0 N–H and O–H groups in total. The van der Waals surface area contributed by atoms with Gasteiger partial charge in [0.1, 0.15) is 0 Å². The summed E-state index contributed by atoms with van der Waals surface area (Å²) in [6.45, 7) is 5.52. The van der Waals surface area contributed by atoms with E-state index in [1.54, 1.807) is 0 Å². The summed E-state index contributed by atoms with van der Waals surface area (Å²) < 4.78 is 0. The van der Waals surface area contributed by atoms with Crippen molar-refractivity contribution in [3.63, 3.8) is 0 Å². The monoisotopic (exact) mass is 229 g/mol. The minimum atomic E-state index is 0. The molecule has 0 aromatic heterocycles. The molecule has 0 spiro atoms. The first kappa shape index (κ1) is 14.6. The quantitative estimate of drug-likeness (QED) is 0.414. The maximum absolute atomic E-state index is 3.81. The normalized spacial score (nSPS) is 9.33. The van der Waals surface area contributed by atoms with Crippen molar-refractivity contribution < 1.29 is 18.9 Å². The van der Waals surface area contributed by atoms with Gasteiger partial charge in [0.05, 0.1) is 0 Å². The molecule has 86 valence electrons. The summed E-state index contributed by atoms with van der Waals surface area (Å²) in [6, 6.07) is 21.7. The van der Waals surface area contributed by atoms with Gasteiger partial charge in [-0.2, -0.15) is 24.3 Å². The Balaban J connectivity index is 0.00000162. The predicted octanol–water partition coefficient (Wildman–Crippen LogP) is 0.683. The fourth-order valence-corrected chi connectivity index (χ4v) is 1.79. The minimum Gasteiger partial charge on any atom is -0.386 e. The zero-order valence-corrected chi connectivity index (χ0v) is 10.8. The molecule has 2 aromatic carbocycles. The molecule has 0 aliphatic carbocycles. The van der Waals surface area contributed by atoms with E-state index in [2.05, 4.69) is 47.9 Å². The molecule has 0 fully saturated rings. The number of hydrogen-bond donors (Lipinski definition) is 0. The molecule has 0 saturated heterocycles. The van der Waals surface area contributed by atoms with Crippen molar-refractivity contribution in [1.29, 1.82) is 0 Å². The molecule has 0 aliphatic rings. The number of hydrogen-bond acceptors (Lipinski definition) is 1. The predicted molar refractivity (Wildman–Crippen MR) is 73.0 cm³/mol. The molecule has 0 bridgehead atoms. The second kappa shape index (κ2) is 7.82. The summed E-state index contributed by atoms with van der Waals surface area (Å²) in [7, 11) is 0. The molecule has 0 heterocycles. The van der Waals surface area contributed by atoms with Crippen LogP contribution >= 0.6 is 0 Å². The maximum Gasteiger partial charge on any atom is 1.00 e. The molecule has 18 heavy (non-hydrogen) atoms. The van der Waals surface area contributed by atoms with Crippen molar-refractivity contribution in [3.05, 3.63) is 78.9 Å². The Kier molecular flexibility index (Phi) is 6.36. The van der Waals surface area contributed by atoms with Crippen LogP contribution < -0.4 is 23.8 Å². The van der Waals surface area contributed by atoms with Crippen LogP contribution in [0.4, 0.5) is 5.69 Å². The summed E-state index contributed by atoms with van der Waals surface area (Å²) in [6.07, 6.45) is 1.92. The first-order valence-electron chi connectivity index (χ1n) is 5.76. The van der Waals surface area contributed by atoms with Crippen molar-refractivity contribution in [2.75, 3.05) is 11.4 Å². The van der Waals surface area contributed by atoms with E-state index >= 15 is 0 Å². The molecule has 0 atom stereocenters. The van der Waals surface area contributed by atoms with Crippen molar-refractivity contribution in [3.8, 4) is 0 Å². The van der Waals surface area contributed by atoms with E-state index in [4.69, 9.17) is 0 Å². The van der Waals surface area contributed by atoms with Crippen LogP contribution in [0.25, 0.3) is 0 Å². The number of anilines is 1.